The predicted molar refractivity (Wildman–Crippen MR) is 75.0 cm³/mol. The first-order valence-corrected chi connectivity index (χ1v) is 6.12. The van der Waals surface area contributed by atoms with Gasteiger partial charge in [-0.25, -0.2) is 4.39 Å². The molecule has 19 heavy (non-hydrogen) atoms. The Morgan fingerprint density at radius 3 is 2.42 bits per heavy atom. The summed E-state index contributed by atoms with van der Waals surface area (Å²) in [5.74, 6) is -0.572. The first-order chi connectivity index (χ1) is 8.97. The second-order valence-electron chi connectivity index (χ2n) is 4.73. The van der Waals surface area contributed by atoms with Crippen molar-refractivity contribution in [1.82, 2.24) is 0 Å². The number of benzene rings is 2. The summed E-state index contributed by atoms with van der Waals surface area (Å²) < 4.78 is 13.2. The maximum Gasteiger partial charge on any atom is 0.255 e. The molecule has 2 aromatic carbocycles. The molecule has 0 saturated heterocycles. The van der Waals surface area contributed by atoms with E-state index in [0.29, 0.717) is 11.3 Å². The summed E-state index contributed by atoms with van der Waals surface area (Å²) in [4.78, 5) is 12.2. The summed E-state index contributed by atoms with van der Waals surface area (Å²) in [6.45, 7) is 5.65. The summed E-state index contributed by atoms with van der Waals surface area (Å²) in [5.41, 5.74) is 3.87. The Morgan fingerprint density at radius 2 is 1.68 bits per heavy atom. The van der Waals surface area contributed by atoms with E-state index in [1.165, 1.54) is 12.1 Å². The van der Waals surface area contributed by atoms with Gasteiger partial charge in [-0.3, -0.25) is 4.79 Å². The van der Waals surface area contributed by atoms with E-state index in [9.17, 15) is 9.18 Å². The molecule has 0 unspecified atom stereocenters. The minimum atomic E-state index is -0.359. The molecule has 2 aromatic rings. The van der Waals surface area contributed by atoms with Gasteiger partial charge in [-0.1, -0.05) is 23.8 Å². The normalized spacial score (nSPS) is 10.3. The summed E-state index contributed by atoms with van der Waals surface area (Å²) in [6, 6.07) is 10.1. The SMILES string of the molecule is Cc1ccc(C)c(C(=O)Nc2cc(F)ccc2C)c1. The van der Waals surface area contributed by atoms with E-state index < -0.39 is 0 Å². The maximum atomic E-state index is 13.2. The molecule has 2 rings (SSSR count). The van der Waals surface area contributed by atoms with Crippen molar-refractivity contribution >= 4 is 11.6 Å². The molecule has 0 aliphatic rings. The van der Waals surface area contributed by atoms with Crippen LogP contribution in [0.2, 0.25) is 0 Å². The molecular formula is C16H16FNO. The molecule has 1 amide bonds. The standard InChI is InChI=1S/C16H16FNO/c1-10-4-5-11(2)14(8-10)16(19)18-15-9-13(17)7-6-12(15)3/h4-9H,1-3H3,(H,18,19). The number of amides is 1. The topological polar surface area (TPSA) is 29.1 Å². The first-order valence-electron chi connectivity index (χ1n) is 6.12. The minimum absolute atomic E-state index is 0.213. The van der Waals surface area contributed by atoms with Gasteiger partial charge in [0.1, 0.15) is 5.82 Å². The zero-order valence-corrected chi connectivity index (χ0v) is 11.3. The van der Waals surface area contributed by atoms with Crippen LogP contribution in [0.3, 0.4) is 0 Å². The van der Waals surface area contributed by atoms with E-state index in [1.807, 2.05) is 39.0 Å². The van der Waals surface area contributed by atoms with Gasteiger partial charge in [0.05, 0.1) is 0 Å². The Morgan fingerprint density at radius 1 is 1.00 bits per heavy atom. The van der Waals surface area contributed by atoms with Crippen molar-refractivity contribution in [3.63, 3.8) is 0 Å². The number of anilines is 1. The van der Waals surface area contributed by atoms with Gasteiger partial charge in [-0.2, -0.15) is 0 Å². The molecule has 0 aliphatic heterocycles. The fourth-order valence-electron chi connectivity index (χ4n) is 1.90. The number of nitrogens with one attached hydrogen (secondary N) is 1. The molecule has 0 aliphatic carbocycles. The van der Waals surface area contributed by atoms with Crippen LogP contribution in [0, 0.1) is 26.6 Å². The predicted octanol–water partition coefficient (Wildman–Crippen LogP) is 4.00. The van der Waals surface area contributed by atoms with E-state index in [-0.39, 0.29) is 11.7 Å². The molecule has 0 saturated carbocycles. The molecule has 3 heteroatoms. The van der Waals surface area contributed by atoms with Crippen molar-refractivity contribution in [1.29, 1.82) is 0 Å². The van der Waals surface area contributed by atoms with Crippen LogP contribution in [-0.2, 0) is 0 Å². The zero-order chi connectivity index (χ0) is 14.0. The molecule has 1 N–H and O–H groups in total. The minimum Gasteiger partial charge on any atom is -0.322 e. The third-order valence-corrected chi connectivity index (χ3v) is 3.09. The highest BCUT2D eigenvalue weighted by molar-refractivity contribution is 6.05. The van der Waals surface area contributed by atoms with Crippen LogP contribution in [0.25, 0.3) is 0 Å². The number of carbonyl (C=O) groups excluding carboxylic acids is 1. The molecule has 0 aromatic heterocycles. The summed E-state index contributed by atoms with van der Waals surface area (Å²) in [5, 5.41) is 2.76. The molecule has 0 spiro atoms. The Bertz CT molecular complexity index is 635. The number of rotatable bonds is 2. The van der Waals surface area contributed by atoms with E-state index in [1.54, 1.807) is 6.07 Å². The van der Waals surface area contributed by atoms with Crippen LogP contribution in [-0.4, -0.2) is 5.91 Å². The fourth-order valence-corrected chi connectivity index (χ4v) is 1.90. The highest BCUT2D eigenvalue weighted by Gasteiger charge is 2.11. The number of hydrogen-bond acceptors (Lipinski definition) is 1. The largest absolute Gasteiger partial charge is 0.322 e. The maximum absolute atomic E-state index is 13.2. The highest BCUT2D eigenvalue weighted by atomic mass is 19.1. The molecule has 0 fully saturated rings. The molecule has 0 radical (unpaired) electrons. The van der Waals surface area contributed by atoms with Crippen molar-refractivity contribution in [3.8, 4) is 0 Å². The van der Waals surface area contributed by atoms with Crippen molar-refractivity contribution in [2.24, 2.45) is 0 Å². The molecule has 0 bridgehead atoms. The van der Waals surface area contributed by atoms with Gasteiger partial charge in [0.25, 0.3) is 5.91 Å². The second-order valence-corrected chi connectivity index (χ2v) is 4.73. The lowest BCUT2D eigenvalue weighted by molar-refractivity contribution is 0.102. The number of aryl methyl sites for hydroxylation is 3. The summed E-state index contributed by atoms with van der Waals surface area (Å²) in [6.07, 6.45) is 0. The molecule has 98 valence electrons. The van der Waals surface area contributed by atoms with Crippen LogP contribution in [0.15, 0.2) is 36.4 Å². The summed E-state index contributed by atoms with van der Waals surface area (Å²) in [7, 11) is 0. The van der Waals surface area contributed by atoms with Crippen LogP contribution < -0.4 is 5.32 Å². The Kier molecular flexibility index (Phi) is 3.65. The zero-order valence-electron chi connectivity index (χ0n) is 11.3. The van der Waals surface area contributed by atoms with Gasteiger partial charge in [0, 0.05) is 11.3 Å². The van der Waals surface area contributed by atoms with E-state index >= 15 is 0 Å². The summed E-state index contributed by atoms with van der Waals surface area (Å²) >= 11 is 0. The Hall–Kier alpha value is -2.16. The van der Waals surface area contributed by atoms with Gasteiger partial charge in [-0.05, 0) is 50.1 Å². The average molecular weight is 257 g/mol. The molecule has 2 nitrogen and oxygen atoms in total. The second kappa shape index (κ2) is 5.22. The lowest BCUT2D eigenvalue weighted by Gasteiger charge is -2.10. The van der Waals surface area contributed by atoms with Crippen molar-refractivity contribution in [2.45, 2.75) is 20.8 Å². The van der Waals surface area contributed by atoms with Crippen LogP contribution in [0.1, 0.15) is 27.0 Å². The Balaban J connectivity index is 2.30. The smallest absolute Gasteiger partial charge is 0.255 e. The average Bonchev–Trinajstić information content (AvgIpc) is 2.36. The monoisotopic (exact) mass is 257 g/mol. The highest BCUT2D eigenvalue weighted by Crippen LogP contribution is 2.18. The lowest BCUT2D eigenvalue weighted by Crippen LogP contribution is -2.14. The van der Waals surface area contributed by atoms with Gasteiger partial charge >= 0.3 is 0 Å². The van der Waals surface area contributed by atoms with Crippen LogP contribution >= 0.6 is 0 Å². The van der Waals surface area contributed by atoms with E-state index in [0.717, 1.165) is 16.7 Å². The first kappa shape index (κ1) is 13.3. The van der Waals surface area contributed by atoms with Gasteiger partial charge in [-0.15, -0.1) is 0 Å². The fraction of sp³-hybridized carbons (Fsp3) is 0.188. The van der Waals surface area contributed by atoms with E-state index in [4.69, 9.17) is 0 Å². The Labute approximate surface area is 112 Å². The van der Waals surface area contributed by atoms with Crippen LogP contribution in [0.5, 0.6) is 0 Å². The van der Waals surface area contributed by atoms with Gasteiger partial charge in [0.15, 0.2) is 0 Å². The molecule has 0 atom stereocenters. The lowest BCUT2D eigenvalue weighted by atomic mass is 10.0. The number of hydrogen-bond donors (Lipinski definition) is 1. The molecule has 0 heterocycles. The van der Waals surface area contributed by atoms with E-state index in [2.05, 4.69) is 5.32 Å². The third-order valence-electron chi connectivity index (χ3n) is 3.09. The number of carbonyl (C=O) groups is 1. The van der Waals surface area contributed by atoms with Crippen molar-refractivity contribution in [2.75, 3.05) is 5.32 Å². The quantitative estimate of drug-likeness (QED) is 0.865. The van der Waals surface area contributed by atoms with Crippen LogP contribution in [0.4, 0.5) is 10.1 Å². The number of halogens is 1. The van der Waals surface area contributed by atoms with Crippen molar-refractivity contribution in [3.05, 3.63) is 64.5 Å². The van der Waals surface area contributed by atoms with Gasteiger partial charge in [0.2, 0.25) is 0 Å². The van der Waals surface area contributed by atoms with Gasteiger partial charge < -0.3 is 5.32 Å². The molecular weight excluding hydrogens is 241 g/mol. The third kappa shape index (κ3) is 2.99. The van der Waals surface area contributed by atoms with Crippen molar-refractivity contribution < 1.29 is 9.18 Å².